The SMILES string of the molecule is COC(=O)c1cn2c(c1O)C(=O)N(Cc1ccc(OC)cc1)CC2. The topological polar surface area (TPSA) is 81.0 Å². The van der Waals surface area contributed by atoms with Crippen molar-refractivity contribution in [1.82, 2.24) is 9.47 Å². The summed E-state index contributed by atoms with van der Waals surface area (Å²) >= 11 is 0. The van der Waals surface area contributed by atoms with Gasteiger partial charge in [-0.1, -0.05) is 12.1 Å². The summed E-state index contributed by atoms with van der Waals surface area (Å²) < 4.78 is 11.3. The third kappa shape index (κ3) is 2.68. The van der Waals surface area contributed by atoms with E-state index in [0.29, 0.717) is 19.6 Å². The van der Waals surface area contributed by atoms with E-state index in [1.54, 1.807) is 16.6 Å². The second kappa shape index (κ2) is 6.27. The van der Waals surface area contributed by atoms with Crippen LogP contribution in [0.1, 0.15) is 26.4 Å². The predicted molar refractivity (Wildman–Crippen MR) is 85.2 cm³/mol. The molecule has 3 rings (SSSR count). The van der Waals surface area contributed by atoms with E-state index in [9.17, 15) is 14.7 Å². The van der Waals surface area contributed by atoms with Crippen LogP contribution in [0.3, 0.4) is 0 Å². The fraction of sp³-hybridized carbons (Fsp3) is 0.294. The minimum atomic E-state index is -0.663. The van der Waals surface area contributed by atoms with Crippen LogP contribution in [0.4, 0.5) is 0 Å². The summed E-state index contributed by atoms with van der Waals surface area (Å²) in [5, 5.41) is 10.2. The van der Waals surface area contributed by atoms with Gasteiger partial charge in [-0.05, 0) is 17.7 Å². The molecule has 0 saturated carbocycles. The molecule has 0 saturated heterocycles. The molecule has 0 spiro atoms. The van der Waals surface area contributed by atoms with Crippen molar-refractivity contribution in [3.8, 4) is 11.5 Å². The molecule has 7 heteroatoms. The van der Waals surface area contributed by atoms with Gasteiger partial charge in [-0.25, -0.2) is 4.79 Å². The third-order valence-corrected chi connectivity index (χ3v) is 4.09. The van der Waals surface area contributed by atoms with Crippen molar-refractivity contribution in [2.75, 3.05) is 20.8 Å². The van der Waals surface area contributed by atoms with Crippen LogP contribution in [0, 0.1) is 0 Å². The highest BCUT2D eigenvalue weighted by Crippen LogP contribution is 2.30. The number of carbonyl (C=O) groups excluding carboxylic acids is 2. The first-order valence-corrected chi connectivity index (χ1v) is 7.47. The summed E-state index contributed by atoms with van der Waals surface area (Å²) in [7, 11) is 2.83. The number of carbonyl (C=O) groups is 2. The molecule has 2 aromatic rings. The normalized spacial score (nSPS) is 13.6. The zero-order valence-corrected chi connectivity index (χ0v) is 13.5. The van der Waals surface area contributed by atoms with Crippen molar-refractivity contribution in [2.45, 2.75) is 13.1 Å². The lowest BCUT2D eigenvalue weighted by Crippen LogP contribution is -2.39. The molecule has 1 aromatic heterocycles. The smallest absolute Gasteiger partial charge is 0.343 e. The molecule has 0 aliphatic carbocycles. The molecule has 1 aliphatic rings. The van der Waals surface area contributed by atoms with E-state index in [1.165, 1.54) is 13.3 Å². The molecular weight excluding hydrogens is 312 g/mol. The highest BCUT2D eigenvalue weighted by molar-refractivity contribution is 6.02. The second-order valence-corrected chi connectivity index (χ2v) is 5.50. The molecule has 2 heterocycles. The van der Waals surface area contributed by atoms with Gasteiger partial charge in [0.1, 0.15) is 11.3 Å². The predicted octanol–water partition coefficient (Wildman–Crippen LogP) is 1.64. The van der Waals surface area contributed by atoms with Crippen molar-refractivity contribution in [1.29, 1.82) is 0 Å². The Morgan fingerprint density at radius 1 is 1.21 bits per heavy atom. The number of aromatic nitrogens is 1. The van der Waals surface area contributed by atoms with Gasteiger partial charge < -0.3 is 24.0 Å². The lowest BCUT2D eigenvalue weighted by atomic mass is 10.1. The molecule has 0 atom stereocenters. The lowest BCUT2D eigenvalue weighted by Gasteiger charge is -2.28. The number of ether oxygens (including phenoxy) is 2. The molecule has 0 unspecified atom stereocenters. The summed E-state index contributed by atoms with van der Waals surface area (Å²) in [6.45, 7) is 1.41. The van der Waals surface area contributed by atoms with Crippen LogP contribution in [0.2, 0.25) is 0 Å². The first kappa shape index (κ1) is 15.9. The van der Waals surface area contributed by atoms with Crippen LogP contribution in [-0.2, 0) is 17.8 Å². The van der Waals surface area contributed by atoms with Gasteiger partial charge >= 0.3 is 5.97 Å². The first-order chi connectivity index (χ1) is 11.5. The average Bonchev–Trinajstić information content (AvgIpc) is 2.95. The van der Waals surface area contributed by atoms with E-state index in [-0.39, 0.29) is 22.9 Å². The standard InChI is InChI=1S/C17H18N2O5/c1-23-12-5-3-11(4-6-12)9-19-8-7-18-10-13(17(22)24-2)15(20)14(18)16(19)21/h3-6,10,20H,7-9H2,1-2H3. The van der Waals surface area contributed by atoms with Crippen molar-refractivity contribution in [3.63, 3.8) is 0 Å². The number of esters is 1. The molecule has 7 nitrogen and oxygen atoms in total. The highest BCUT2D eigenvalue weighted by Gasteiger charge is 2.32. The number of methoxy groups -OCH3 is 2. The van der Waals surface area contributed by atoms with Gasteiger partial charge in [-0.2, -0.15) is 0 Å². The summed E-state index contributed by atoms with van der Waals surface area (Å²) in [6.07, 6.45) is 1.46. The first-order valence-electron chi connectivity index (χ1n) is 7.47. The Labute approximate surface area is 139 Å². The zero-order chi connectivity index (χ0) is 17.3. The average molecular weight is 330 g/mol. The van der Waals surface area contributed by atoms with Crippen LogP contribution in [0.15, 0.2) is 30.5 Å². The molecule has 1 amide bonds. The zero-order valence-electron chi connectivity index (χ0n) is 13.5. The van der Waals surface area contributed by atoms with Crippen molar-refractivity contribution in [2.24, 2.45) is 0 Å². The fourth-order valence-corrected chi connectivity index (χ4v) is 2.79. The molecule has 0 radical (unpaired) electrons. The highest BCUT2D eigenvalue weighted by atomic mass is 16.5. The summed E-state index contributed by atoms with van der Waals surface area (Å²) in [4.78, 5) is 26.0. The number of hydrogen-bond acceptors (Lipinski definition) is 5. The molecule has 0 fully saturated rings. The molecule has 0 bridgehead atoms. The number of fused-ring (bicyclic) bond motifs is 1. The second-order valence-electron chi connectivity index (χ2n) is 5.50. The Morgan fingerprint density at radius 2 is 1.92 bits per heavy atom. The summed E-state index contributed by atoms with van der Waals surface area (Å²) in [5.41, 5.74) is 1.08. The molecular formula is C17H18N2O5. The maximum absolute atomic E-state index is 12.7. The largest absolute Gasteiger partial charge is 0.505 e. The van der Waals surface area contributed by atoms with Crippen molar-refractivity contribution < 1.29 is 24.2 Å². The maximum Gasteiger partial charge on any atom is 0.343 e. The van der Waals surface area contributed by atoms with E-state index in [4.69, 9.17) is 4.74 Å². The van der Waals surface area contributed by atoms with Crippen LogP contribution in [0.25, 0.3) is 0 Å². The van der Waals surface area contributed by atoms with Gasteiger partial charge in [-0.15, -0.1) is 0 Å². The van der Waals surface area contributed by atoms with Gasteiger partial charge in [0.2, 0.25) is 0 Å². The van der Waals surface area contributed by atoms with Crippen molar-refractivity contribution >= 4 is 11.9 Å². The number of benzene rings is 1. The van der Waals surface area contributed by atoms with Crippen molar-refractivity contribution in [3.05, 3.63) is 47.3 Å². The molecule has 1 N–H and O–H groups in total. The van der Waals surface area contributed by atoms with Gasteiger partial charge in [0, 0.05) is 25.8 Å². The van der Waals surface area contributed by atoms with E-state index in [2.05, 4.69) is 4.74 Å². The Morgan fingerprint density at radius 3 is 2.54 bits per heavy atom. The fourth-order valence-electron chi connectivity index (χ4n) is 2.79. The minimum Gasteiger partial charge on any atom is -0.505 e. The number of amides is 1. The number of hydrogen-bond donors (Lipinski definition) is 1. The van der Waals surface area contributed by atoms with Gasteiger partial charge in [0.05, 0.1) is 14.2 Å². The van der Waals surface area contributed by atoms with Gasteiger partial charge in [-0.3, -0.25) is 4.79 Å². The molecule has 126 valence electrons. The molecule has 24 heavy (non-hydrogen) atoms. The maximum atomic E-state index is 12.7. The van der Waals surface area contributed by atoms with Gasteiger partial charge in [0.15, 0.2) is 11.4 Å². The Balaban J connectivity index is 1.83. The number of nitrogens with zero attached hydrogens (tertiary/aromatic N) is 2. The van der Waals surface area contributed by atoms with E-state index < -0.39 is 5.97 Å². The number of rotatable bonds is 4. The van der Waals surface area contributed by atoms with Crippen LogP contribution < -0.4 is 4.74 Å². The molecule has 1 aliphatic heterocycles. The van der Waals surface area contributed by atoms with Gasteiger partial charge in [0.25, 0.3) is 5.91 Å². The van der Waals surface area contributed by atoms with E-state index >= 15 is 0 Å². The molecule has 1 aromatic carbocycles. The summed E-state index contributed by atoms with van der Waals surface area (Å²) in [6, 6.07) is 7.44. The summed E-state index contributed by atoms with van der Waals surface area (Å²) in [5.74, 6) is -0.558. The lowest BCUT2D eigenvalue weighted by molar-refractivity contribution is 0.0597. The van der Waals surface area contributed by atoms with E-state index in [1.807, 2.05) is 24.3 Å². The minimum absolute atomic E-state index is 0.00662. The third-order valence-electron chi connectivity index (χ3n) is 4.09. The number of aromatic hydroxyl groups is 1. The van der Waals surface area contributed by atoms with E-state index in [0.717, 1.165) is 11.3 Å². The van der Waals surface area contributed by atoms with Crippen LogP contribution in [0.5, 0.6) is 11.5 Å². The van der Waals surface area contributed by atoms with Crippen LogP contribution >= 0.6 is 0 Å². The Hall–Kier alpha value is -2.96. The quantitative estimate of drug-likeness (QED) is 0.862. The van der Waals surface area contributed by atoms with Crippen LogP contribution in [-0.4, -0.2) is 47.2 Å². The Bertz CT molecular complexity index is 779. The Kier molecular flexibility index (Phi) is 4.16. The monoisotopic (exact) mass is 330 g/mol.